The highest BCUT2D eigenvalue weighted by Crippen LogP contribution is 2.28. The summed E-state index contributed by atoms with van der Waals surface area (Å²) in [6.07, 6.45) is 4.25. The fraction of sp³-hybridized carbons (Fsp3) is 0.429. The SMILES string of the molecule is CNCCCCN(C)c1coc2ccccc12. The van der Waals surface area contributed by atoms with Gasteiger partial charge < -0.3 is 14.6 Å². The number of furan rings is 1. The van der Waals surface area contributed by atoms with Gasteiger partial charge in [-0.3, -0.25) is 0 Å². The van der Waals surface area contributed by atoms with Crippen molar-refractivity contribution in [2.45, 2.75) is 12.8 Å². The molecule has 0 saturated carbocycles. The summed E-state index contributed by atoms with van der Waals surface area (Å²) in [4.78, 5) is 2.27. The topological polar surface area (TPSA) is 28.4 Å². The second-order valence-electron chi connectivity index (χ2n) is 4.35. The quantitative estimate of drug-likeness (QED) is 0.776. The van der Waals surface area contributed by atoms with Crippen LogP contribution in [0.4, 0.5) is 5.69 Å². The van der Waals surface area contributed by atoms with Crippen LogP contribution in [-0.2, 0) is 0 Å². The number of benzene rings is 1. The van der Waals surface area contributed by atoms with Gasteiger partial charge in [0.2, 0.25) is 0 Å². The van der Waals surface area contributed by atoms with E-state index in [1.807, 2.05) is 25.4 Å². The highest BCUT2D eigenvalue weighted by Gasteiger charge is 2.08. The number of para-hydroxylation sites is 1. The van der Waals surface area contributed by atoms with Gasteiger partial charge in [-0.15, -0.1) is 0 Å². The summed E-state index contributed by atoms with van der Waals surface area (Å²) >= 11 is 0. The molecule has 17 heavy (non-hydrogen) atoms. The fourth-order valence-electron chi connectivity index (χ4n) is 2.03. The van der Waals surface area contributed by atoms with Crippen molar-refractivity contribution in [3.05, 3.63) is 30.5 Å². The molecular weight excluding hydrogens is 212 g/mol. The molecule has 3 nitrogen and oxygen atoms in total. The Bertz CT molecular complexity index is 464. The van der Waals surface area contributed by atoms with Gasteiger partial charge in [-0.05, 0) is 38.6 Å². The van der Waals surface area contributed by atoms with Crippen molar-refractivity contribution in [2.24, 2.45) is 0 Å². The van der Waals surface area contributed by atoms with Crippen LogP contribution in [-0.4, -0.2) is 27.2 Å². The standard InChI is InChI=1S/C14H20N2O/c1-15-9-5-6-10-16(2)13-11-17-14-8-4-3-7-12(13)14/h3-4,7-8,11,15H,5-6,9-10H2,1-2H3. The predicted octanol–water partition coefficient (Wildman–Crippen LogP) is 2.87. The minimum Gasteiger partial charge on any atom is -0.462 e. The monoisotopic (exact) mass is 232 g/mol. The number of rotatable bonds is 6. The molecule has 0 unspecified atom stereocenters. The van der Waals surface area contributed by atoms with E-state index in [0.717, 1.165) is 18.7 Å². The molecule has 1 heterocycles. The van der Waals surface area contributed by atoms with Crippen molar-refractivity contribution in [1.29, 1.82) is 0 Å². The van der Waals surface area contributed by atoms with Gasteiger partial charge in [0.25, 0.3) is 0 Å². The van der Waals surface area contributed by atoms with Crippen molar-refractivity contribution in [3.8, 4) is 0 Å². The third-order valence-electron chi connectivity index (χ3n) is 3.04. The number of nitrogens with one attached hydrogen (secondary N) is 1. The van der Waals surface area contributed by atoms with Crippen LogP contribution in [0.25, 0.3) is 11.0 Å². The molecule has 0 saturated heterocycles. The van der Waals surface area contributed by atoms with Crippen molar-refractivity contribution in [1.82, 2.24) is 5.32 Å². The Morgan fingerprint density at radius 2 is 2.06 bits per heavy atom. The van der Waals surface area contributed by atoms with Crippen LogP contribution in [0.2, 0.25) is 0 Å². The Labute approximate surface area is 102 Å². The lowest BCUT2D eigenvalue weighted by molar-refractivity contribution is 0.612. The van der Waals surface area contributed by atoms with Gasteiger partial charge in [0.15, 0.2) is 0 Å². The molecule has 0 aliphatic carbocycles. The summed E-state index contributed by atoms with van der Waals surface area (Å²) in [6.45, 7) is 2.14. The summed E-state index contributed by atoms with van der Waals surface area (Å²) in [5.74, 6) is 0. The van der Waals surface area contributed by atoms with Crippen molar-refractivity contribution >= 4 is 16.7 Å². The van der Waals surface area contributed by atoms with E-state index in [0.29, 0.717) is 0 Å². The zero-order valence-electron chi connectivity index (χ0n) is 10.6. The number of hydrogen-bond acceptors (Lipinski definition) is 3. The first-order chi connectivity index (χ1) is 8.33. The Morgan fingerprint density at radius 3 is 2.88 bits per heavy atom. The van der Waals surface area contributed by atoms with Crippen LogP contribution < -0.4 is 10.2 Å². The van der Waals surface area contributed by atoms with Crippen molar-refractivity contribution in [3.63, 3.8) is 0 Å². The zero-order chi connectivity index (χ0) is 12.1. The lowest BCUT2D eigenvalue weighted by Gasteiger charge is -2.17. The molecule has 0 fully saturated rings. The second kappa shape index (κ2) is 5.73. The van der Waals surface area contributed by atoms with Gasteiger partial charge in [0.1, 0.15) is 11.8 Å². The Balaban J connectivity index is 2.01. The largest absolute Gasteiger partial charge is 0.462 e. The second-order valence-corrected chi connectivity index (χ2v) is 4.35. The molecule has 0 radical (unpaired) electrons. The van der Waals surface area contributed by atoms with Gasteiger partial charge >= 0.3 is 0 Å². The maximum absolute atomic E-state index is 5.54. The number of fused-ring (bicyclic) bond motifs is 1. The number of nitrogens with zero attached hydrogens (tertiary/aromatic N) is 1. The van der Waals surface area contributed by atoms with Crippen LogP contribution in [0.15, 0.2) is 34.9 Å². The van der Waals surface area contributed by atoms with E-state index in [1.54, 1.807) is 0 Å². The Kier molecular flexibility index (Phi) is 4.04. The van der Waals surface area contributed by atoms with Gasteiger partial charge in [0, 0.05) is 19.0 Å². The van der Waals surface area contributed by atoms with Gasteiger partial charge in [-0.1, -0.05) is 12.1 Å². The summed E-state index contributed by atoms with van der Waals surface area (Å²) in [6, 6.07) is 8.17. The van der Waals surface area contributed by atoms with Gasteiger partial charge in [-0.25, -0.2) is 0 Å². The molecular formula is C14H20N2O. The summed E-state index contributed by atoms with van der Waals surface area (Å²) in [5, 5.41) is 4.37. The first-order valence-corrected chi connectivity index (χ1v) is 6.15. The van der Waals surface area contributed by atoms with Crippen molar-refractivity contribution in [2.75, 3.05) is 32.1 Å². The maximum atomic E-state index is 5.54. The molecule has 0 atom stereocenters. The van der Waals surface area contributed by atoms with Crippen LogP contribution in [0, 0.1) is 0 Å². The molecule has 0 aliphatic heterocycles. The van der Waals surface area contributed by atoms with E-state index in [-0.39, 0.29) is 0 Å². The first-order valence-electron chi connectivity index (χ1n) is 6.15. The molecule has 3 heteroatoms. The minimum absolute atomic E-state index is 0.963. The smallest absolute Gasteiger partial charge is 0.136 e. The van der Waals surface area contributed by atoms with E-state index < -0.39 is 0 Å². The minimum atomic E-state index is 0.963. The fourth-order valence-corrected chi connectivity index (χ4v) is 2.03. The Morgan fingerprint density at radius 1 is 1.24 bits per heavy atom. The summed E-state index contributed by atoms with van der Waals surface area (Å²) in [7, 11) is 4.12. The maximum Gasteiger partial charge on any atom is 0.136 e. The van der Waals surface area contributed by atoms with E-state index in [1.165, 1.54) is 23.9 Å². The molecule has 0 amide bonds. The molecule has 0 aliphatic rings. The lowest BCUT2D eigenvalue weighted by Crippen LogP contribution is -2.19. The molecule has 1 aromatic carbocycles. The van der Waals surface area contributed by atoms with Gasteiger partial charge in [-0.2, -0.15) is 0 Å². The van der Waals surface area contributed by atoms with Crippen LogP contribution >= 0.6 is 0 Å². The molecule has 2 aromatic rings. The van der Waals surface area contributed by atoms with Crippen LogP contribution in [0.3, 0.4) is 0 Å². The predicted molar refractivity (Wildman–Crippen MR) is 72.6 cm³/mol. The molecule has 0 spiro atoms. The normalized spacial score (nSPS) is 10.9. The molecule has 0 bridgehead atoms. The van der Waals surface area contributed by atoms with E-state index in [4.69, 9.17) is 4.42 Å². The number of unbranched alkanes of at least 4 members (excludes halogenated alkanes) is 1. The van der Waals surface area contributed by atoms with Crippen molar-refractivity contribution < 1.29 is 4.42 Å². The van der Waals surface area contributed by atoms with Crippen LogP contribution in [0.5, 0.6) is 0 Å². The lowest BCUT2D eigenvalue weighted by atomic mass is 10.2. The molecule has 1 N–H and O–H groups in total. The third kappa shape index (κ3) is 2.80. The number of hydrogen-bond donors (Lipinski definition) is 1. The average Bonchev–Trinajstić information content (AvgIpc) is 2.78. The average molecular weight is 232 g/mol. The van der Waals surface area contributed by atoms with E-state index in [9.17, 15) is 0 Å². The molecule has 2 rings (SSSR count). The highest BCUT2D eigenvalue weighted by molar-refractivity contribution is 5.90. The Hall–Kier alpha value is -1.48. The summed E-state index contributed by atoms with van der Waals surface area (Å²) < 4.78 is 5.54. The first kappa shape index (κ1) is 12.0. The third-order valence-corrected chi connectivity index (χ3v) is 3.04. The molecule has 1 aromatic heterocycles. The van der Waals surface area contributed by atoms with Crippen LogP contribution in [0.1, 0.15) is 12.8 Å². The number of anilines is 1. The zero-order valence-corrected chi connectivity index (χ0v) is 10.6. The van der Waals surface area contributed by atoms with Gasteiger partial charge in [0.05, 0.1) is 5.69 Å². The summed E-state index contributed by atoms with van der Waals surface area (Å²) in [5.41, 5.74) is 2.15. The van der Waals surface area contributed by atoms with E-state index >= 15 is 0 Å². The van der Waals surface area contributed by atoms with E-state index in [2.05, 4.69) is 29.4 Å². The highest BCUT2D eigenvalue weighted by atomic mass is 16.3. The molecule has 92 valence electrons.